The van der Waals surface area contributed by atoms with Crippen molar-refractivity contribution in [3.05, 3.63) is 95.2 Å². The number of fused-ring (bicyclic) bond motifs is 3. The highest BCUT2D eigenvalue weighted by Gasteiger charge is 2.38. The molecule has 0 radical (unpaired) electrons. The molecule has 72 heavy (non-hydrogen) atoms. The van der Waals surface area contributed by atoms with Gasteiger partial charge in [0.15, 0.2) is 5.82 Å². The maximum atomic E-state index is 14.1. The van der Waals surface area contributed by atoms with Crippen LogP contribution >= 0.6 is 0 Å². The molecule has 5 aliphatic rings. The number of pyridine rings is 2. The molecule has 4 atom stereocenters. The first kappa shape index (κ1) is 48.7. The number of aliphatic hydroxyl groups is 1. The molecule has 10 rings (SSSR count). The number of methoxy groups -OCH3 is 1. The van der Waals surface area contributed by atoms with Gasteiger partial charge in [0, 0.05) is 147 Å². The summed E-state index contributed by atoms with van der Waals surface area (Å²) in [4.78, 5) is 68.5. The normalized spacial score (nSPS) is 22.2. The predicted octanol–water partition coefficient (Wildman–Crippen LogP) is 5.42. The van der Waals surface area contributed by atoms with Crippen molar-refractivity contribution in [3.63, 3.8) is 0 Å². The Morgan fingerprint density at radius 1 is 0.931 bits per heavy atom. The van der Waals surface area contributed by atoms with Crippen LogP contribution in [0.5, 0.6) is 5.88 Å². The van der Waals surface area contributed by atoms with E-state index in [4.69, 9.17) is 14.7 Å². The number of benzene rings is 1. The minimum atomic E-state index is -0.529. The Hall–Kier alpha value is -6.89. The molecule has 1 aromatic carbocycles. The Morgan fingerprint density at radius 2 is 1.78 bits per heavy atom. The lowest BCUT2D eigenvalue weighted by atomic mass is 9.90. The van der Waals surface area contributed by atoms with Crippen molar-refractivity contribution in [3.8, 4) is 17.1 Å². The summed E-state index contributed by atoms with van der Waals surface area (Å²) in [5.74, 6) is 1.33. The van der Waals surface area contributed by atoms with Gasteiger partial charge in [-0.05, 0) is 99.9 Å². The SMILES string of the molecule is COc1ncc(-c2ccnc(N3CCn4c(cc5c4CC(C)(C)C5)C3=O)c2CO)nc1Nc1ccc(N2CCN(C3CCN(c4ccnc(N5CCNC[C@@H]5C)c4)[C@H](C)C3)C[C@@H]2C)c(C=CC(=O)NC=O)c1. The largest absolute Gasteiger partial charge is 0.478 e. The van der Waals surface area contributed by atoms with Crippen LogP contribution in [0.1, 0.15) is 80.3 Å². The van der Waals surface area contributed by atoms with Crippen molar-refractivity contribution in [2.45, 2.75) is 97.6 Å². The smallest absolute Gasteiger partial charge is 0.276 e. The number of carbonyl (C=O) groups excluding carboxylic acids is 3. The summed E-state index contributed by atoms with van der Waals surface area (Å²) in [6.45, 7) is 18.5. The van der Waals surface area contributed by atoms with E-state index in [9.17, 15) is 19.5 Å². The van der Waals surface area contributed by atoms with E-state index in [2.05, 4.69) is 96.8 Å². The summed E-state index contributed by atoms with van der Waals surface area (Å²) in [6.07, 6.45) is 12.6. The molecule has 4 aromatic heterocycles. The Balaban J connectivity index is 0.855. The number of rotatable bonds is 13. The van der Waals surface area contributed by atoms with E-state index >= 15 is 0 Å². The number of piperazine rings is 2. The number of nitrogens with zero attached hydrogens (tertiary/aromatic N) is 10. The first-order valence-electron chi connectivity index (χ1n) is 25.4. The van der Waals surface area contributed by atoms with Crippen molar-refractivity contribution in [1.29, 1.82) is 0 Å². The molecule has 1 unspecified atom stereocenters. The van der Waals surface area contributed by atoms with Gasteiger partial charge in [0.1, 0.15) is 17.3 Å². The summed E-state index contributed by atoms with van der Waals surface area (Å²) in [7, 11) is 1.52. The third-order valence-corrected chi connectivity index (χ3v) is 15.4. The Labute approximate surface area is 421 Å². The van der Waals surface area contributed by atoms with E-state index in [0.717, 1.165) is 88.6 Å². The fraction of sp³-hybridized carbons (Fsp3) is 0.463. The Kier molecular flexibility index (Phi) is 13.7. The third kappa shape index (κ3) is 9.62. The number of nitrogens with one attached hydrogen (secondary N) is 3. The van der Waals surface area contributed by atoms with Crippen LogP contribution in [0.15, 0.2) is 67.1 Å². The number of aromatic nitrogens is 5. The number of carbonyl (C=O) groups is 3. The molecule has 8 heterocycles. The van der Waals surface area contributed by atoms with Crippen molar-refractivity contribution in [2.75, 3.05) is 84.4 Å². The zero-order valence-corrected chi connectivity index (χ0v) is 42.3. The van der Waals surface area contributed by atoms with Gasteiger partial charge in [0.05, 0.1) is 25.6 Å². The number of anilines is 6. The molecule has 3 amide bonds. The summed E-state index contributed by atoms with van der Waals surface area (Å²) >= 11 is 0. The van der Waals surface area contributed by atoms with Crippen LogP contribution in [0.2, 0.25) is 0 Å². The van der Waals surface area contributed by atoms with Crippen molar-refractivity contribution < 1.29 is 24.2 Å². The van der Waals surface area contributed by atoms with Gasteiger partial charge in [-0.25, -0.2) is 19.9 Å². The van der Waals surface area contributed by atoms with Gasteiger partial charge in [-0.15, -0.1) is 0 Å². The second-order valence-electron chi connectivity index (χ2n) is 20.8. The van der Waals surface area contributed by atoms with E-state index in [1.165, 1.54) is 30.1 Å². The van der Waals surface area contributed by atoms with Crippen LogP contribution < -0.4 is 40.3 Å². The summed E-state index contributed by atoms with van der Waals surface area (Å²) in [6, 6.07) is 15.6. The van der Waals surface area contributed by atoms with E-state index in [1.54, 1.807) is 29.4 Å². The van der Waals surface area contributed by atoms with Crippen LogP contribution in [-0.4, -0.2) is 136 Å². The molecular formula is C54H67N13O5. The summed E-state index contributed by atoms with van der Waals surface area (Å²) in [5, 5.41) is 20.0. The molecule has 18 heteroatoms. The average molecular weight is 978 g/mol. The van der Waals surface area contributed by atoms with Gasteiger partial charge in [-0.2, -0.15) is 0 Å². The molecule has 18 nitrogen and oxygen atoms in total. The average Bonchev–Trinajstić information content (AvgIpc) is 3.87. The van der Waals surface area contributed by atoms with Gasteiger partial charge >= 0.3 is 0 Å². The van der Waals surface area contributed by atoms with Crippen molar-refractivity contribution >= 4 is 58.8 Å². The topological polar surface area (TPSA) is 189 Å². The number of aliphatic hydroxyl groups excluding tert-OH is 1. The quantitative estimate of drug-likeness (QED) is 0.0865. The highest BCUT2D eigenvalue weighted by Crippen LogP contribution is 2.41. The minimum Gasteiger partial charge on any atom is -0.478 e. The molecule has 1 aliphatic carbocycles. The Bertz CT molecular complexity index is 2880. The fourth-order valence-electron chi connectivity index (χ4n) is 11.9. The van der Waals surface area contributed by atoms with Gasteiger partial charge in [0.25, 0.3) is 11.8 Å². The van der Waals surface area contributed by atoms with Crippen molar-refractivity contribution in [1.82, 2.24) is 40.0 Å². The van der Waals surface area contributed by atoms with Gasteiger partial charge < -0.3 is 39.7 Å². The highest BCUT2D eigenvalue weighted by molar-refractivity contribution is 6.06. The lowest BCUT2D eigenvalue weighted by Gasteiger charge is -2.48. The molecule has 4 N–H and O–H groups in total. The predicted molar refractivity (Wildman–Crippen MR) is 280 cm³/mol. The molecule has 5 aromatic rings. The van der Waals surface area contributed by atoms with E-state index in [1.807, 2.05) is 30.5 Å². The molecule has 3 fully saturated rings. The van der Waals surface area contributed by atoms with Gasteiger partial charge in [-0.3, -0.25) is 29.5 Å². The number of amides is 3. The van der Waals surface area contributed by atoms with E-state index < -0.39 is 5.91 Å². The standard InChI is InChI=1S/C54H67N13O5/c1-34-23-40(13-17-63(34)41-11-14-56-48(26-41)65-18-16-55-29-35(65)2)62-19-20-64(36(3)31-62)45-9-8-39(24-37(45)7-10-49(70)59-33-69)60-50-52(72-6)58-30-44(61-50)42-12-15-57-51(43(42)32-68)67-22-21-66-46(53(67)71)25-38-27-54(4,5)28-47(38)66/h7-12,14-15,24-26,30,33-36,40,55,68H,13,16-23,27-29,31-32H2,1-6H3,(H,60,61)(H,59,69,70)/t34-,35+,36+,40?/m1/s1. The van der Waals surface area contributed by atoms with Crippen LogP contribution in [0, 0.1) is 5.41 Å². The first-order valence-corrected chi connectivity index (χ1v) is 25.4. The molecule has 0 bridgehead atoms. The van der Waals surface area contributed by atoms with E-state index in [-0.39, 0.29) is 29.9 Å². The fourth-order valence-corrected chi connectivity index (χ4v) is 11.9. The minimum absolute atomic E-state index is 0.147. The maximum Gasteiger partial charge on any atom is 0.276 e. The highest BCUT2D eigenvalue weighted by atomic mass is 16.5. The molecular weight excluding hydrogens is 911 g/mol. The third-order valence-electron chi connectivity index (χ3n) is 15.4. The zero-order valence-electron chi connectivity index (χ0n) is 42.3. The van der Waals surface area contributed by atoms with E-state index in [0.29, 0.717) is 77.5 Å². The van der Waals surface area contributed by atoms with Crippen LogP contribution in [-0.2, 0) is 35.6 Å². The molecule has 3 saturated heterocycles. The van der Waals surface area contributed by atoms with Crippen molar-refractivity contribution in [2.24, 2.45) is 5.41 Å². The number of imide groups is 1. The molecule has 0 spiro atoms. The number of hydrogen-bond donors (Lipinski definition) is 4. The Morgan fingerprint density at radius 3 is 2.56 bits per heavy atom. The number of ether oxygens (including phenoxy) is 1. The zero-order chi connectivity index (χ0) is 50.3. The first-order chi connectivity index (χ1) is 34.8. The van der Waals surface area contributed by atoms with Crippen LogP contribution in [0.4, 0.5) is 34.5 Å². The van der Waals surface area contributed by atoms with Crippen LogP contribution in [0.3, 0.4) is 0 Å². The maximum absolute atomic E-state index is 14.1. The second kappa shape index (κ2) is 20.3. The molecule has 4 aliphatic heterocycles. The molecule has 0 saturated carbocycles. The lowest BCUT2D eigenvalue weighted by molar-refractivity contribution is -0.121. The number of piperidine rings is 1. The lowest BCUT2D eigenvalue weighted by Crippen LogP contribution is -2.58. The monoisotopic (exact) mass is 978 g/mol. The van der Waals surface area contributed by atoms with Crippen LogP contribution in [0.25, 0.3) is 17.3 Å². The molecule has 378 valence electrons. The summed E-state index contributed by atoms with van der Waals surface area (Å²) in [5.41, 5.74) is 8.39. The second-order valence-corrected chi connectivity index (χ2v) is 20.8. The van der Waals surface area contributed by atoms with Gasteiger partial charge in [-0.1, -0.05) is 13.8 Å². The van der Waals surface area contributed by atoms with Gasteiger partial charge in [0.2, 0.25) is 12.3 Å². The summed E-state index contributed by atoms with van der Waals surface area (Å²) < 4.78 is 7.85. The number of hydrogen-bond acceptors (Lipinski definition) is 15.